The van der Waals surface area contributed by atoms with Crippen LogP contribution in [0.5, 0.6) is 0 Å². The van der Waals surface area contributed by atoms with Gasteiger partial charge in [-0.25, -0.2) is 0 Å². The van der Waals surface area contributed by atoms with Crippen LogP contribution in [0.1, 0.15) is 24.6 Å². The number of anilines is 1. The van der Waals surface area contributed by atoms with Crippen molar-refractivity contribution >= 4 is 17.3 Å². The Morgan fingerprint density at radius 1 is 1.37 bits per heavy atom. The number of hydrogen-bond acceptors (Lipinski definition) is 2. The fourth-order valence-electron chi connectivity index (χ4n) is 1.98. The molecule has 0 amide bonds. The number of benzene rings is 1. The minimum atomic E-state index is 0.574. The second-order valence-electron chi connectivity index (χ2n) is 4.35. The van der Waals surface area contributed by atoms with Gasteiger partial charge in [-0.3, -0.25) is 0 Å². The van der Waals surface area contributed by atoms with E-state index in [1.807, 2.05) is 12.1 Å². The zero-order valence-corrected chi connectivity index (χ0v) is 11.6. The van der Waals surface area contributed by atoms with Crippen LogP contribution >= 0.6 is 11.6 Å². The van der Waals surface area contributed by atoms with E-state index < -0.39 is 0 Å². The van der Waals surface area contributed by atoms with Crippen LogP contribution in [0.4, 0.5) is 5.69 Å². The molecule has 19 heavy (non-hydrogen) atoms. The minimum absolute atomic E-state index is 0.574. The summed E-state index contributed by atoms with van der Waals surface area (Å²) in [6.45, 7) is 3.90. The summed E-state index contributed by atoms with van der Waals surface area (Å²) in [6.07, 6.45) is 3.19. The smallest absolute Gasteiger partial charge is 0.0992 e. The van der Waals surface area contributed by atoms with Crippen molar-refractivity contribution in [3.05, 3.63) is 52.8 Å². The van der Waals surface area contributed by atoms with Crippen molar-refractivity contribution < 1.29 is 0 Å². The van der Waals surface area contributed by atoms with Gasteiger partial charge in [-0.05, 0) is 36.8 Å². The maximum Gasteiger partial charge on any atom is 0.0992 e. The molecular weight excluding hydrogens is 258 g/mol. The molecule has 0 fully saturated rings. The molecule has 0 saturated carbocycles. The zero-order valence-electron chi connectivity index (χ0n) is 10.9. The topological polar surface area (TPSA) is 40.8 Å². The highest BCUT2D eigenvalue weighted by atomic mass is 35.5. The van der Waals surface area contributed by atoms with Gasteiger partial charge in [-0.2, -0.15) is 5.26 Å². The Hall–Kier alpha value is -1.92. The number of halogens is 1. The first-order valence-corrected chi connectivity index (χ1v) is 6.70. The lowest BCUT2D eigenvalue weighted by atomic mass is 10.2. The summed E-state index contributed by atoms with van der Waals surface area (Å²) in [7, 11) is 0. The van der Waals surface area contributed by atoms with Crippen LogP contribution in [0.25, 0.3) is 0 Å². The molecule has 1 aromatic heterocycles. The van der Waals surface area contributed by atoms with Crippen molar-refractivity contribution in [1.82, 2.24) is 4.57 Å². The second kappa shape index (κ2) is 6.31. The highest BCUT2D eigenvalue weighted by Crippen LogP contribution is 2.23. The monoisotopic (exact) mass is 273 g/mol. The van der Waals surface area contributed by atoms with Crippen molar-refractivity contribution in [2.24, 2.45) is 0 Å². The molecule has 0 aliphatic rings. The Morgan fingerprint density at radius 2 is 2.21 bits per heavy atom. The number of hydrogen-bond donors (Lipinski definition) is 1. The second-order valence-corrected chi connectivity index (χ2v) is 4.76. The molecule has 0 atom stereocenters. The van der Waals surface area contributed by atoms with Gasteiger partial charge in [-0.15, -0.1) is 0 Å². The summed E-state index contributed by atoms with van der Waals surface area (Å²) < 4.78 is 2.23. The van der Waals surface area contributed by atoms with Crippen LogP contribution in [-0.2, 0) is 13.1 Å². The normalized spacial score (nSPS) is 10.2. The van der Waals surface area contributed by atoms with Crippen molar-refractivity contribution in [2.75, 3.05) is 5.32 Å². The Bertz CT molecular complexity index is 596. The van der Waals surface area contributed by atoms with Crippen molar-refractivity contribution in [3.8, 4) is 6.07 Å². The van der Waals surface area contributed by atoms with Crippen molar-refractivity contribution in [3.63, 3.8) is 0 Å². The average molecular weight is 274 g/mol. The molecule has 0 bridgehead atoms. The minimum Gasteiger partial charge on any atom is -0.378 e. The van der Waals surface area contributed by atoms with Gasteiger partial charge in [0.1, 0.15) is 0 Å². The van der Waals surface area contributed by atoms with E-state index in [0.717, 1.165) is 25.2 Å². The molecule has 1 N–H and O–H groups in total. The summed E-state index contributed by atoms with van der Waals surface area (Å²) in [6, 6.07) is 11.5. The van der Waals surface area contributed by atoms with Crippen LogP contribution in [0.3, 0.4) is 0 Å². The molecule has 4 heteroatoms. The number of nitrogens with zero attached hydrogens (tertiary/aromatic N) is 2. The summed E-state index contributed by atoms with van der Waals surface area (Å²) in [5, 5.41) is 12.7. The molecule has 3 nitrogen and oxygen atoms in total. The summed E-state index contributed by atoms with van der Waals surface area (Å²) in [4.78, 5) is 0. The van der Waals surface area contributed by atoms with Gasteiger partial charge in [0.2, 0.25) is 0 Å². The van der Waals surface area contributed by atoms with Gasteiger partial charge in [0.15, 0.2) is 0 Å². The lowest BCUT2D eigenvalue weighted by molar-refractivity contribution is 0.654. The van der Waals surface area contributed by atoms with E-state index in [9.17, 15) is 0 Å². The number of aryl methyl sites for hydroxylation is 1. The van der Waals surface area contributed by atoms with Crippen molar-refractivity contribution in [2.45, 2.75) is 26.4 Å². The molecule has 1 heterocycles. The van der Waals surface area contributed by atoms with Crippen LogP contribution < -0.4 is 5.32 Å². The lowest BCUT2D eigenvalue weighted by Gasteiger charge is -2.11. The molecule has 1 aromatic carbocycles. The molecule has 0 radical (unpaired) electrons. The highest BCUT2D eigenvalue weighted by Gasteiger charge is 2.04. The van der Waals surface area contributed by atoms with Gasteiger partial charge in [0, 0.05) is 18.4 Å². The number of nitriles is 1. The Morgan fingerprint density at radius 3 is 2.89 bits per heavy atom. The number of rotatable bonds is 5. The van der Waals surface area contributed by atoms with E-state index in [1.165, 1.54) is 5.69 Å². The van der Waals surface area contributed by atoms with Gasteiger partial charge < -0.3 is 9.88 Å². The van der Waals surface area contributed by atoms with Gasteiger partial charge in [0.05, 0.1) is 28.9 Å². The van der Waals surface area contributed by atoms with Crippen LogP contribution in [0.15, 0.2) is 36.5 Å². The molecule has 0 aliphatic carbocycles. The average Bonchev–Trinajstić information content (AvgIpc) is 2.85. The zero-order chi connectivity index (χ0) is 13.7. The molecule has 98 valence electrons. The maximum atomic E-state index is 8.80. The van der Waals surface area contributed by atoms with Gasteiger partial charge in [-0.1, -0.05) is 18.5 Å². The Labute approximate surface area is 118 Å². The van der Waals surface area contributed by atoms with Gasteiger partial charge in [0.25, 0.3) is 0 Å². The first kappa shape index (κ1) is 13.5. The van der Waals surface area contributed by atoms with Crippen LogP contribution in [0, 0.1) is 11.3 Å². The van der Waals surface area contributed by atoms with E-state index in [1.54, 1.807) is 12.1 Å². The summed E-state index contributed by atoms with van der Waals surface area (Å²) >= 11 is 6.13. The molecule has 2 rings (SSSR count). The largest absolute Gasteiger partial charge is 0.378 e. The molecular formula is C15H16ClN3. The fraction of sp³-hybridized carbons (Fsp3) is 0.267. The predicted molar refractivity (Wildman–Crippen MR) is 78.2 cm³/mol. The lowest BCUT2D eigenvalue weighted by Crippen LogP contribution is -2.07. The first-order chi connectivity index (χ1) is 9.24. The third-order valence-electron chi connectivity index (χ3n) is 2.95. The molecule has 0 aliphatic heterocycles. The summed E-state index contributed by atoms with van der Waals surface area (Å²) in [5.41, 5.74) is 2.65. The van der Waals surface area contributed by atoms with E-state index in [2.05, 4.69) is 35.1 Å². The first-order valence-electron chi connectivity index (χ1n) is 6.32. The van der Waals surface area contributed by atoms with E-state index in [4.69, 9.17) is 16.9 Å². The fourth-order valence-corrected chi connectivity index (χ4v) is 2.23. The Balaban J connectivity index is 2.06. The highest BCUT2D eigenvalue weighted by molar-refractivity contribution is 6.33. The van der Waals surface area contributed by atoms with E-state index in [0.29, 0.717) is 10.6 Å². The SMILES string of the molecule is CCCn1cccc1CNc1ccc(C#N)cc1Cl. The predicted octanol–water partition coefficient (Wildman–Crippen LogP) is 4.04. The molecule has 0 spiro atoms. The van der Waals surface area contributed by atoms with Crippen LogP contribution in [-0.4, -0.2) is 4.57 Å². The Kier molecular flexibility index (Phi) is 4.48. The van der Waals surface area contributed by atoms with E-state index >= 15 is 0 Å². The number of aromatic nitrogens is 1. The summed E-state index contributed by atoms with van der Waals surface area (Å²) in [5.74, 6) is 0. The van der Waals surface area contributed by atoms with Gasteiger partial charge >= 0.3 is 0 Å². The quantitative estimate of drug-likeness (QED) is 0.893. The standard InChI is InChI=1S/C15H16ClN3/c1-2-7-19-8-3-4-13(19)11-18-15-6-5-12(10-17)9-14(15)16/h3-6,8-9,18H,2,7,11H2,1H3. The third-order valence-corrected chi connectivity index (χ3v) is 3.26. The molecule has 0 unspecified atom stereocenters. The van der Waals surface area contributed by atoms with E-state index in [-0.39, 0.29) is 0 Å². The third kappa shape index (κ3) is 3.30. The molecule has 0 saturated heterocycles. The van der Waals surface area contributed by atoms with Crippen molar-refractivity contribution in [1.29, 1.82) is 5.26 Å². The number of nitrogens with one attached hydrogen (secondary N) is 1. The maximum absolute atomic E-state index is 8.80. The van der Waals surface area contributed by atoms with Crippen LogP contribution in [0.2, 0.25) is 5.02 Å². The molecule has 2 aromatic rings.